The monoisotopic (exact) mass is 226 g/mol. The van der Waals surface area contributed by atoms with E-state index < -0.39 is 0 Å². The summed E-state index contributed by atoms with van der Waals surface area (Å²) in [5.74, 6) is 0. The maximum atomic E-state index is 4.71. The summed E-state index contributed by atoms with van der Waals surface area (Å²) in [6.45, 7) is 9.84. The molecule has 0 aliphatic heterocycles. The highest BCUT2D eigenvalue weighted by Gasteiger charge is 2.14. The lowest BCUT2D eigenvalue weighted by Gasteiger charge is -2.13. The smallest absolute Gasteiger partial charge is 0.110 e. The molecule has 1 rings (SSSR count). The summed E-state index contributed by atoms with van der Waals surface area (Å²) in [5, 5.41) is 4.81. The van der Waals surface area contributed by atoms with Crippen LogP contribution in [0.15, 0.2) is 0 Å². The van der Waals surface area contributed by atoms with E-state index in [1.807, 2.05) is 11.3 Å². The van der Waals surface area contributed by atoms with Crippen molar-refractivity contribution >= 4 is 11.3 Å². The van der Waals surface area contributed by atoms with Crippen LogP contribution in [0.3, 0.4) is 0 Å². The Balaban J connectivity index is 2.73. The lowest BCUT2D eigenvalue weighted by atomic mass is 10.2. The summed E-state index contributed by atoms with van der Waals surface area (Å²) in [6.07, 6.45) is 3.35. The number of nitrogens with zero attached hydrogens (tertiary/aromatic N) is 1. The molecule has 2 nitrogen and oxygen atoms in total. The molecule has 0 radical (unpaired) electrons. The molecule has 0 aromatic carbocycles. The average Bonchev–Trinajstić information content (AvgIpc) is 2.61. The van der Waals surface area contributed by atoms with Crippen LogP contribution in [0.5, 0.6) is 0 Å². The van der Waals surface area contributed by atoms with Gasteiger partial charge >= 0.3 is 0 Å². The van der Waals surface area contributed by atoms with Crippen molar-refractivity contribution in [2.75, 3.05) is 6.54 Å². The normalized spacial score (nSPS) is 13.1. The van der Waals surface area contributed by atoms with Gasteiger partial charge in [-0.3, -0.25) is 0 Å². The molecule has 1 aromatic heterocycles. The first-order valence-corrected chi connectivity index (χ1v) is 6.74. The molecular formula is C12H22N2S. The molecule has 1 heterocycles. The van der Waals surface area contributed by atoms with Gasteiger partial charge in [-0.15, -0.1) is 11.3 Å². The standard InChI is InChI=1S/C12H22N2S/c1-5-8-13-11(7-3)12-14-10(6-2)9(4)15-12/h11,13H,5-8H2,1-4H3. The third-order valence-electron chi connectivity index (χ3n) is 2.59. The molecule has 0 fully saturated rings. The largest absolute Gasteiger partial charge is 0.308 e. The van der Waals surface area contributed by atoms with E-state index in [0.29, 0.717) is 6.04 Å². The quantitative estimate of drug-likeness (QED) is 0.803. The topological polar surface area (TPSA) is 24.9 Å². The van der Waals surface area contributed by atoms with Gasteiger partial charge in [0.15, 0.2) is 0 Å². The molecule has 0 spiro atoms. The van der Waals surface area contributed by atoms with Crippen LogP contribution in [0.1, 0.15) is 55.2 Å². The number of aryl methyl sites for hydroxylation is 2. The number of thiazole rings is 1. The third kappa shape index (κ3) is 3.28. The minimum Gasteiger partial charge on any atom is -0.308 e. The van der Waals surface area contributed by atoms with Crippen molar-refractivity contribution in [2.45, 2.75) is 53.0 Å². The van der Waals surface area contributed by atoms with Gasteiger partial charge in [0, 0.05) is 4.88 Å². The van der Waals surface area contributed by atoms with Gasteiger partial charge in [-0.25, -0.2) is 4.98 Å². The Kier molecular flexibility index (Phi) is 5.26. The third-order valence-corrected chi connectivity index (χ3v) is 3.72. The fourth-order valence-electron chi connectivity index (χ4n) is 1.65. The van der Waals surface area contributed by atoms with Crippen molar-refractivity contribution in [3.05, 3.63) is 15.6 Å². The van der Waals surface area contributed by atoms with Crippen LogP contribution in [0.25, 0.3) is 0 Å². The molecule has 0 saturated heterocycles. The number of nitrogens with one attached hydrogen (secondary N) is 1. The van der Waals surface area contributed by atoms with Crippen molar-refractivity contribution in [2.24, 2.45) is 0 Å². The van der Waals surface area contributed by atoms with Crippen LogP contribution in [0.2, 0.25) is 0 Å². The highest BCUT2D eigenvalue weighted by molar-refractivity contribution is 7.11. The molecule has 0 aliphatic carbocycles. The molecule has 0 amide bonds. The second-order valence-corrected chi connectivity index (χ2v) is 5.06. The van der Waals surface area contributed by atoms with Crippen LogP contribution in [-0.2, 0) is 6.42 Å². The SMILES string of the molecule is CCCNC(CC)c1nc(CC)c(C)s1. The zero-order valence-corrected chi connectivity index (χ0v) is 11.1. The van der Waals surface area contributed by atoms with Crippen molar-refractivity contribution in [3.63, 3.8) is 0 Å². The first kappa shape index (κ1) is 12.7. The van der Waals surface area contributed by atoms with E-state index in [4.69, 9.17) is 4.98 Å². The summed E-state index contributed by atoms with van der Waals surface area (Å²) in [6, 6.07) is 0.453. The first-order valence-electron chi connectivity index (χ1n) is 5.92. The van der Waals surface area contributed by atoms with E-state index in [9.17, 15) is 0 Å². The fourth-order valence-corrected chi connectivity index (χ4v) is 2.82. The second-order valence-electron chi connectivity index (χ2n) is 3.82. The van der Waals surface area contributed by atoms with E-state index in [1.165, 1.54) is 22.0 Å². The molecule has 1 unspecified atom stereocenters. The molecule has 0 bridgehead atoms. The molecule has 1 N–H and O–H groups in total. The summed E-state index contributed by atoms with van der Waals surface area (Å²) < 4.78 is 0. The van der Waals surface area contributed by atoms with Crippen LogP contribution >= 0.6 is 11.3 Å². The van der Waals surface area contributed by atoms with Crippen molar-refractivity contribution in [3.8, 4) is 0 Å². The Bertz CT molecular complexity index is 294. The average molecular weight is 226 g/mol. The van der Waals surface area contributed by atoms with Gasteiger partial charge in [0.1, 0.15) is 5.01 Å². The Hall–Kier alpha value is -0.410. The minimum absolute atomic E-state index is 0.453. The van der Waals surface area contributed by atoms with E-state index in [0.717, 1.165) is 19.4 Å². The van der Waals surface area contributed by atoms with Crippen LogP contribution in [0, 0.1) is 6.92 Å². The summed E-state index contributed by atoms with van der Waals surface area (Å²) >= 11 is 1.85. The zero-order valence-electron chi connectivity index (χ0n) is 10.3. The van der Waals surface area contributed by atoms with Crippen molar-refractivity contribution in [1.82, 2.24) is 10.3 Å². The summed E-state index contributed by atoms with van der Waals surface area (Å²) in [7, 11) is 0. The van der Waals surface area contributed by atoms with Gasteiger partial charge in [-0.1, -0.05) is 20.8 Å². The van der Waals surface area contributed by atoms with E-state index in [1.54, 1.807) is 0 Å². The lowest BCUT2D eigenvalue weighted by molar-refractivity contribution is 0.515. The van der Waals surface area contributed by atoms with Crippen LogP contribution in [-0.4, -0.2) is 11.5 Å². The molecule has 86 valence electrons. The number of hydrogen-bond acceptors (Lipinski definition) is 3. The summed E-state index contributed by atoms with van der Waals surface area (Å²) in [5.41, 5.74) is 1.27. The highest BCUT2D eigenvalue weighted by Crippen LogP contribution is 2.25. The molecular weight excluding hydrogens is 204 g/mol. The second kappa shape index (κ2) is 6.23. The minimum atomic E-state index is 0.453. The molecule has 1 aromatic rings. The maximum Gasteiger partial charge on any atom is 0.110 e. The molecule has 15 heavy (non-hydrogen) atoms. The van der Waals surface area contributed by atoms with E-state index in [-0.39, 0.29) is 0 Å². The van der Waals surface area contributed by atoms with Gasteiger partial charge in [0.25, 0.3) is 0 Å². The van der Waals surface area contributed by atoms with Gasteiger partial charge in [-0.2, -0.15) is 0 Å². The number of aromatic nitrogens is 1. The zero-order chi connectivity index (χ0) is 11.3. The predicted octanol–water partition coefficient (Wildman–Crippen LogP) is 3.46. The Labute approximate surface area is 97.1 Å². The fraction of sp³-hybridized carbons (Fsp3) is 0.750. The van der Waals surface area contributed by atoms with E-state index >= 15 is 0 Å². The lowest BCUT2D eigenvalue weighted by Crippen LogP contribution is -2.21. The van der Waals surface area contributed by atoms with Gasteiger partial charge in [-0.05, 0) is 32.7 Å². The predicted molar refractivity (Wildman–Crippen MR) is 67.6 cm³/mol. The maximum absolute atomic E-state index is 4.71. The molecule has 0 saturated carbocycles. The molecule has 3 heteroatoms. The van der Waals surface area contributed by atoms with Gasteiger partial charge < -0.3 is 5.32 Å². The van der Waals surface area contributed by atoms with Crippen LogP contribution < -0.4 is 5.32 Å². The first-order chi connectivity index (χ1) is 7.22. The Morgan fingerprint density at radius 2 is 2.07 bits per heavy atom. The molecule has 0 aliphatic rings. The van der Waals surface area contributed by atoms with E-state index in [2.05, 4.69) is 33.0 Å². The molecule has 1 atom stereocenters. The number of hydrogen-bond donors (Lipinski definition) is 1. The summed E-state index contributed by atoms with van der Waals surface area (Å²) in [4.78, 5) is 6.09. The van der Waals surface area contributed by atoms with Crippen molar-refractivity contribution in [1.29, 1.82) is 0 Å². The van der Waals surface area contributed by atoms with Gasteiger partial charge in [0.2, 0.25) is 0 Å². The van der Waals surface area contributed by atoms with Crippen LogP contribution in [0.4, 0.5) is 0 Å². The van der Waals surface area contributed by atoms with Gasteiger partial charge in [0.05, 0.1) is 11.7 Å². The number of rotatable bonds is 6. The highest BCUT2D eigenvalue weighted by atomic mass is 32.1. The Morgan fingerprint density at radius 3 is 2.53 bits per heavy atom. The Morgan fingerprint density at radius 1 is 1.33 bits per heavy atom. The van der Waals surface area contributed by atoms with Crippen molar-refractivity contribution < 1.29 is 0 Å².